The molecule has 0 unspecified atom stereocenters. The van der Waals surface area contributed by atoms with Gasteiger partial charge in [0.15, 0.2) is 5.96 Å². The third-order valence-electron chi connectivity index (χ3n) is 5.28. The molecule has 0 atom stereocenters. The van der Waals surface area contributed by atoms with E-state index in [0.717, 1.165) is 26.1 Å². The number of halogens is 1. The van der Waals surface area contributed by atoms with Crippen LogP contribution < -0.4 is 11.1 Å². The molecule has 2 fully saturated rings. The Morgan fingerprint density at radius 3 is 2.52 bits per heavy atom. The number of benzene rings is 1. The highest BCUT2D eigenvalue weighted by molar-refractivity contribution is 14.0. The van der Waals surface area contributed by atoms with Gasteiger partial charge in [0.2, 0.25) is 0 Å². The molecule has 152 valence electrons. The Kier molecular flexibility index (Phi) is 10.4. The van der Waals surface area contributed by atoms with E-state index in [0.29, 0.717) is 31.3 Å². The Hall–Kier alpha value is -0.860. The largest absolute Gasteiger partial charge is 0.381 e. The number of guanidine groups is 1. The number of aliphatic imine (C=N–C) groups is 1. The van der Waals surface area contributed by atoms with E-state index in [1.165, 1.54) is 49.7 Å². The summed E-state index contributed by atoms with van der Waals surface area (Å²) in [7, 11) is 0. The fourth-order valence-electron chi connectivity index (χ4n) is 3.73. The zero-order valence-corrected chi connectivity index (χ0v) is 18.5. The molecule has 1 heterocycles. The van der Waals surface area contributed by atoms with Gasteiger partial charge in [0.25, 0.3) is 0 Å². The van der Waals surface area contributed by atoms with Crippen LogP contribution in [0.5, 0.6) is 0 Å². The fraction of sp³-hybridized carbons (Fsp3) is 0.667. The lowest BCUT2D eigenvalue weighted by molar-refractivity contribution is -0.0390. The van der Waals surface area contributed by atoms with E-state index in [1.54, 1.807) is 0 Å². The van der Waals surface area contributed by atoms with Crippen molar-refractivity contribution in [2.45, 2.75) is 76.7 Å². The Morgan fingerprint density at radius 1 is 1.07 bits per heavy atom. The molecule has 0 bridgehead atoms. The highest BCUT2D eigenvalue weighted by atomic mass is 127. The van der Waals surface area contributed by atoms with E-state index in [1.807, 2.05) is 0 Å². The maximum Gasteiger partial charge on any atom is 0.189 e. The Morgan fingerprint density at radius 2 is 1.78 bits per heavy atom. The molecule has 0 radical (unpaired) electrons. The number of ether oxygens (including phenoxy) is 2. The summed E-state index contributed by atoms with van der Waals surface area (Å²) in [4.78, 5) is 4.54. The number of nitrogens with zero attached hydrogens (tertiary/aromatic N) is 1. The molecule has 0 spiro atoms. The van der Waals surface area contributed by atoms with Crippen LogP contribution in [-0.2, 0) is 22.6 Å². The molecule has 0 aromatic heterocycles. The normalized spacial score (nSPS) is 19.9. The summed E-state index contributed by atoms with van der Waals surface area (Å²) < 4.78 is 11.4. The van der Waals surface area contributed by atoms with Crippen molar-refractivity contribution >= 4 is 29.9 Å². The van der Waals surface area contributed by atoms with Gasteiger partial charge in [-0.2, -0.15) is 0 Å². The highest BCUT2D eigenvalue weighted by Crippen LogP contribution is 2.17. The van der Waals surface area contributed by atoms with Gasteiger partial charge in [0, 0.05) is 19.3 Å². The minimum absolute atomic E-state index is 0. The van der Waals surface area contributed by atoms with Crippen molar-refractivity contribution in [2.24, 2.45) is 10.7 Å². The molecule has 6 heteroatoms. The summed E-state index contributed by atoms with van der Waals surface area (Å²) in [6, 6.07) is 8.94. The van der Waals surface area contributed by atoms with Gasteiger partial charge < -0.3 is 20.5 Å². The van der Waals surface area contributed by atoms with Crippen molar-refractivity contribution in [3.05, 3.63) is 35.4 Å². The van der Waals surface area contributed by atoms with Crippen LogP contribution in [0.3, 0.4) is 0 Å². The molecular formula is C21H34IN3O2. The number of nitrogens with one attached hydrogen (secondary N) is 1. The fourth-order valence-corrected chi connectivity index (χ4v) is 3.73. The minimum Gasteiger partial charge on any atom is -0.381 e. The van der Waals surface area contributed by atoms with Gasteiger partial charge in [-0.05, 0) is 36.8 Å². The standard InChI is InChI=1S/C21H33N3O2.HI/c22-21(24-19-8-3-1-2-4-9-19)23-15-17-6-5-7-18(14-17)16-26-20-10-12-25-13-11-20;/h5-7,14,19-20H,1-4,8-13,15-16H2,(H3,22,23,24);1H. The van der Waals surface area contributed by atoms with Gasteiger partial charge in [-0.3, -0.25) is 0 Å². The second-order valence-corrected chi connectivity index (χ2v) is 7.48. The third-order valence-corrected chi connectivity index (χ3v) is 5.28. The van der Waals surface area contributed by atoms with Crippen molar-refractivity contribution in [3.63, 3.8) is 0 Å². The third kappa shape index (κ3) is 8.35. The summed E-state index contributed by atoms with van der Waals surface area (Å²) in [5, 5.41) is 3.40. The van der Waals surface area contributed by atoms with E-state index in [-0.39, 0.29) is 24.0 Å². The Bertz CT molecular complexity index is 568. The molecule has 1 aromatic carbocycles. The molecule has 3 N–H and O–H groups in total. The van der Waals surface area contributed by atoms with Crippen LogP contribution in [0.4, 0.5) is 0 Å². The molecular weight excluding hydrogens is 453 g/mol. The molecule has 1 saturated carbocycles. The van der Waals surface area contributed by atoms with Crippen molar-refractivity contribution in [1.29, 1.82) is 0 Å². The first-order chi connectivity index (χ1) is 12.8. The lowest BCUT2D eigenvalue weighted by Crippen LogP contribution is -2.39. The zero-order valence-electron chi connectivity index (χ0n) is 16.2. The lowest BCUT2D eigenvalue weighted by Gasteiger charge is -2.22. The molecule has 2 aliphatic rings. The average molecular weight is 487 g/mol. The quantitative estimate of drug-likeness (QED) is 0.274. The molecule has 1 aliphatic heterocycles. The van der Waals surface area contributed by atoms with E-state index in [9.17, 15) is 0 Å². The Balaban J connectivity index is 0.00000261. The van der Waals surface area contributed by atoms with E-state index >= 15 is 0 Å². The Labute approximate surface area is 180 Å². The molecule has 27 heavy (non-hydrogen) atoms. The first kappa shape index (κ1) is 22.4. The van der Waals surface area contributed by atoms with Crippen molar-refractivity contribution in [3.8, 4) is 0 Å². The van der Waals surface area contributed by atoms with E-state index < -0.39 is 0 Å². The van der Waals surface area contributed by atoms with Gasteiger partial charge in [0.05, 0.1) is 19.3 Å². The topological polar surface area (TPSA) is 68.9 Å². The summed E-state index contributed by atoms with van der Waals surface area (Å²) in [6.45, 7) is 2.88. The number of rotatable bonds is 6. The van der Waals surface area contributed by atoms with Crippen LogP contribution in [0.25, 0.3) is 0 Å². The van der Waals surface area contributed by atoms with Crippen LogP contribution in [0.2, 0.25) is 0 Å². The smallest absolute Gasteiger partial charge is 0.189 e. The molecule has 1 aromatic rings. The first-order valence-corrected chi connectivity index (χ1v) is 10.1. The van der Waals surface area contributed by atoms with Gasteiger partial charge in [-0.1, -0.05) is 49.9 Å². The molecule has 0 amide bonds. The SMILES string of the molecule is I.NC(=NCc1cccc(COC2CCOCC2)c1)NC1CCCCCC1. The monoisotopic (exact) mass is 487 g/mol. The molecule has 1 aliphatic carbocycles. The molecule has 1 saturated heterocycles. The maximum absolute atomic E-state index is 6.10. The van der Waals surface area contributed by atoms with Crippen LogP contribution in [-0.4, -0.2) is 31.3 Å². The lowest BCUT2D eigenvalue weighted by atomic mass is 10.1. The van der Waals surface area contributed by atoms with Crippen LogP contribution in [0, 0.1) is 0 Å². The van der Waals surface area contributed by atoms with Crippen molar-refractivity contribution in [2.75, 3.05) is 13.2 Å². The van der Waals surface area contributed by atoms with Gasteiger partial charge in [-0.15, -0.1) is 24.0 Å². The van der Waals surface area contributed by atoms with Crippen LogP contribution in [0.15, 0.2) is 29.3 Å². The van der Waals surface area contributed by atoms with Gasteiger partial charge in [-0.25, -0.2) is 4.99 Å². The van der Waals surface area contributed by atoms with Crippen molar-refractivity contribution < 1.29 is 9.47 Å². The minimum atomic E-state index is 0. The summed E-state index contributed by atoms with van der Waals surface area (Å²) >= 11 is 0. The summed E-state index contributed by atoms with van der Waals surface area (Å²) in [5.74, 6) is 0.570. The van der Waals surface area contributed by atoms with Crippen LogP contribution >= 0.6 is 24.0 Å². The van der Waals surface area contributed by atoms with E-state index in [2.05, 4.69) is 34.6 Å². The molecule has 5 nitrogen and oxygen atoms in total. The number of nitrogens with two attached hydrogens (primary N) is 1. The summed E-state index contributed by atoms with van der Waals surface area (Å²) in [6.07, 6.45) is 9.99. The predicted molar refractivity (Wildman–Crippen MR) is 120 cm³/mol. The predicted octanol–water partition coefficient (Wildman–Crippen LogP) is 4.13. The average Bonchev–Trinajstić information content (AvgIpc) is 2.95. The van der Waals surface area contributed by atoms with Crippen molar-refractivity contribution in [1.82, 2.24) is 5.32 Å². The second-order valence-electron chi connectivity index (χ2n) is 7.48. The number of hydrogen-bond donors (Lipinski definition) is 2. The second kappa shape index (κ2) is 12.6. The zero-order chi connectivity index (χ0) is 18.0. The maximum atomic E-state index is 6.10. The van der Waals surface area contributed by atoms with E-state index in [4.69, 9.17) is 15.2 Å². The van der Waals surface area contributed by atoms with Gasteiger partial charge in [0.1, 0.15) is 0 Å². The van der Waals surface area contributed by atoms with Gasteiger partial charge >= 0.3 is 0 Å². The first-order valence-electron chi connectivity index (χ1n) is 10.1. The van der Waals surface area contributed by atoms with Crippen LogP contribution in [0.1, 0.15) is 62.5 Å². The summed E-state index contributed by atoms with van der Waals surface area (Å²) in [5.41, 5.74) is 8.46. The molecule has 3 rings (SSSR count). The highest BCUT2D eigenvalue weighted by Gasteiger charge is 2.14. The number of hydrogen-bond acceptors (Lipinski definition) is 3.